The molecule has 0 aromatic carbocycles. The molecule has 0 amide bonds. The highest BCUT2D eigenvalue weighted by molar-refractivity contribution is 7.07. The van der Waals surface area contributed by atoms with Gasteiger partial charge < -0.3 is 5.32 Å². The number of tetrazole rings is 1. The van der Waals surface area contributed by atoms with Crippen molar-refractivity contribution in [1.29, 1.82) is 0 Å². The zero-order valence-corrected chi connectivity index (χ0v) is 12.5. The molecule has 2 aromatic rings. The molecule has 0 bridgehead atoms. The Hall–Kier alpha value is -1.27. The highest BCUT2D eigenvalue weighted by Gasteiger charge is 2.14. The van der Waals surface area contributed by atoms with E-state index < -0.39 is 0 Å². The van der Waals surface area contributed by atoms with Crippen LogP contribution in [-0.2, 0) is 13.0 Å². The van der Waals surface area contributed by atoms with Gasteiger partial charge in [0.1, 0.15) is 0 Å². The van der Waals surface area contributed by atoms with Gasteiger partial charge in [-0.15, -0.1) is 5.10 Å². The summed E-state index contributed by atoms with van der Waals surface area (Å²) in [6, 6.07) is 2.33. The van der Waals surface area contributed by atoms with Crippen molar-refractivity contribution in [3.05, 3.63) is 28.2 Å². The van der Waals surface area contributed by atoms with Crippen LogP contribution in [0, 0.1) is 5.92 Å². The molecule has 0 fully saturated rings. The van der Waals surface area contributed by atoms with Crippen molar-refractivity contribution >= 4 is 11.3 Å². The molecular formula is C13H21N5S. The summed E-state index contributed by atoms with van der Waals surface area (Å²) in [6.45, 7) is 8.29. The molecule has 0 radical (unpaired) electrons. The van der Waals surface area contributed by atoms with E-state index in [1.165, 1.54) is 5.56 Å². The van der Waals surface area contributed by atoms with Crippen molar-refractivity contribution in [3.8, 4) is 0 Å². The fraction of sp³-hybridized carbons (Fsp3) is 0.615. The Balaban J connectivity index is 1.93. The molecule has 2 aromatic heterocycles. The normalized spacial score (nSPS) is 13.1. The van der Waals surface area contributed by atoms with Gasteiger partial charge in [-0.3, -0.25) is 0 Å². The standard InChI is InChI=1S/C13H21N5S/c1-10(2)8-14-11(3)13-15-16-17-18(13)6-4-12-5-7-19-9-12/h5,7,9-11,14H,4,6,8H2,1-3H3. The Bertz CT molecular complexity index is 477. The first kappa shape index (κ1) is 14.1. The van der Waals surface area contributed by atoms with E-state index >= 15 is 0 Å². The van der Waals surface area contributed by atoms with Gasteiger partial charge in [-0.1, -0.05) is 13.8 Å². The fourth-order valence-electron chi connectivity index (χ4n) is 1.85. The first-order valence-corrected chi connectivity index (χ1v) is 7.61. The molecule has 0 aliphatic carbocycles. The average molecular weight is 279 g/mol. The lowest BCUT2D eigenvalue weighted by atomic mass is 10.2. The van der Waals surface area contributed by atoms with Gasteiger partial charge in [-0.25, -0.2) is 4.68 Å². The summed E-state index contributed by atoms with van der Waals surface area (Å²) in [5, 5.41) is 19.7. The second kappa shape index (κ2) is 6.77. The van der Waals surface area contributed by atoms with E-state index in [9.17, 15) is 0 Å². The molecule has 0 saturated heterocycles. The van der Waals surface area contributed by atoms with Crippen LogP contribution in [0.5, 0.6) is 0 Å². The second-order valence-corrected chi connectivity index (χ2v) is 5.95. The van der Waals surface area contributed by atoms with Gasteiger partial charge in [-0.2, -0.15) is 11.3 Å². The average Bonchev–Trinajstić information content (AvgIpc) is 3.04. The largest absolute Gasteiger partial charge is 0.307 e. The molecule has 6 heteroatoms. The molecule has 0 aliphatic rings. The minimum Gasteiger partial charge on any atom is -0.307 e. The molecule has 0 aliphatic heterocycles. The summed E-state index contributed by atoms with van der Waals surface area (Å²) < 4.78 is 1.90. The van der Waals surface area contributed by atoms with Crippen molar-refractivity contribution in [2.45, 2.75) is 39.8 Å². The van der Waals surface area contributed by atoms with E-state index in [0.29, 0.717) is 5.92 Å². The smallest absolute Gasteiger partial charge is 0.167 e. The van der Waals surface area contributed by atoms with E-state index in [1.807, 2.05) is 4.68 Å². The van der Waals surface area contributed by atoms with Crippen molar-refractivity contribution in [2.75, 3.05) is 6.54 Å². The van der Waals surface area contributed by atoms with Gasteiger partial charge in [0.25, 0.3) is 0 Å². The van der Waals surface area contributed by atoms with E-state index in [1.54, 1.807) is 11.3 Å². The quantitative estimate of drug-likeness (QED) is 0.845. The van der Waals surface area contributed by atoms with Crippen LogP contribution in [0.2, 0.25) is 0 Å². The monoisotopic (exact) mass is 279 g/mol. The molecule has 0 spiro atoms. The number of aromatic nitrogens is 4. The van der Waals surface area contributed by atoms with Crippen LogP contribution in [-0.4, -0.2) is 26.8 Å². The highest BCUT2D eigenvalue weighted by Crippen LogP contribution is 2.11. The number of hydrogen-bond acceptors (Lipinski definition) is 5. The number of thiophene rings is 1. The minimum atomic E-state index is 0.180. The van der Waals surface area contributed by atoms with Gasteiger partial charge in [0.05, 0.1) is 6.04 Å². The third kappa shape index (κ3) is 4.11. The van der Waals surface area contributed by atoms with Crippen molar-refractivity contribution < 1.29 is 0 Å². The molecule has 5 nitrogen and oxygen atoms in total. The van der Waals surface area contributed by atoms with E-state index in [2.05, 4.69) is 58.4 Å². The SMILES string of the molecule is CC(C)CNC(C)c1nnnn1CCc1ccsc1. The minimum absolute atomic E-state index is 0.180. The summed E-state index contributed by atoms with van der Waals surface area (Å²) >= 11 is 1.73. The summed E-state index contributed by atoms with van der Waals surface area (Å²) in [5.74, 6) is 1.54. The maximum absolute atomic E-state index is 4.14. The molecule has 0 saturated carbocycles. The fourth-order valence-corrected chi connectivity index (χ4v) is 2.56. The predicted molar refractivity (Wildman–Crippen MR) is 77.1 cm³/mol. The third-order valence-electron chi connectivity index (χ3n) is 2.97. The Morgan fingerprint density at radius 2 is 2.21 bits per heavy atom. The number of rotatable bonds is 7. The lowest BCUT2D eigenvalue weighted by Crippen LogP contribution is -2.26. The lowest BCUT2D eigenvalue weighted by molar-refractivity contribution is 0.453. The van der Waals surface area contributed by atoms with E-state index in [-0.39, 0.29) is 6.04 Å². The number of aryl methyl sites for hydroxylation is 2. The van der Waals surface area contributed by atoms with Crippen LogP contribution in [0.15, 0.2) is 16.8 Å². The van der Waals surface area contributed by atoms with Gasteiger partial charge in [0.2, 0.25) is 0 Å². The molecule has 19 heavy (non-hydrogen) atoms. The van der Waals surface area contributed by atoms with Crippen LogP contribution in [0.25, 0.3) is 0 Å². The molecule has 2 rings (SSSR count). The Kier molecular flexibility index (Phi) is 5.04. The zero-order chi connectivity index (χ0) is 13.7. The summed E-state index contributed by atoms with van der Waals surface area (Å²) in [5.41, 5.74) is 1.34. The lowest BCUT2D eigenvalue weighted by Gasteiger charge is -2.14. The van der Waals surface area contributed by atoms with Gasteiger partial charge >= 0.3 is 0 Å². The van der Waals surface area contributed by atoms with Crippen LogP contribution >= 0.6 is 11.3 Å². The van der Waals surface area contributed by atoms with Crippen LogP contribution in [0.3, 0.4) is 0 Å². The number of hydrogen-bond donors (Lipinski definition) is 1. The summed E-state index contributed by atoms with van der Waals surface area (Å²) in [7, 11) is 0. The summed E-state index contributed by atoms with van der Waals surface area (Å²) in [4.78, 5) is 0. The molecule has 1 N–H and O–H groups in total. The first-order valence-electron chi connectivity index (χ1n) is 6.67. The first-order chi connectivity index (χ1) is 9.16. The Labute approximate surface area is 118 Å². The van der Waals surface area contributed by atoms with Gasteiger partial charge in [0, 0.05) is 6.54 Å². The number of nitrogens with one attached hydrogen (secondary N) is 1. The predicted octanol–water partition coefficient (Wildman–Crippen LogP) is 2.28. The van der Waals surface area contributed by atoms with Crippen molar-refractivity contribution in [3.63, 3.8) is 0 Å². The summed E-state index contributed by atoms with van der Waals surface area (Å²) in [6.07, 6.45) is 0.971. The van der Waals surface area contributed by atoms with Crippen LogP contribution < -0.4 is 5.32 Å². The Morgan fingerprint density at radius 1 is 1.37 bits per heavy atom. The van der Waals surface area contributed by atoms with Crippen molar-refractivity contribution in [2.24, 2.45) is 5.92 Å². The van der Waals surface area contributed by atoms with E-state index in [0.717, 1.165) is 25.3 Å². The van der Waals surface area contributed by atoms with Gasteiger partial charge in [-0.05, 0) is 58.6 Å². The topological polar surface area (TPSA) is 55.6 Å². The third-order valence-corrected chi connectivity index (χ3v) is 3.70. The van der Waals surface area contributed by atoms with Crippen LogP contribution in [0.1, 0.15) is 38.2 Å². The van der Waals surface area contributed by atoms with Crippen LogP contribution in [0.4, 0.5) is 0 Å². The maximum atomic E-state index is 4.14. The molecule has 2 heterocycles. The Morgan fingerprint density at radius 3 is 2.89 bits per heavy atom. The second-order valence-electron chi connectivity index (χ2n) is 5.17. The molecule has 1 atom stereocenters. The molecule has 1 unspecified atom stereocenters. The zero-order valence-electron chi connectivity index (χ0n) is 11.7. The number of nitrogens with zero attached hydrogens (tertiary/aromatic N) is 4. The van der Waals surface area contributed by atoms with Crippen molar-refractivity contribution in [1.82, 2.24) is 25.5 Å². The highest BCUT2D eigenvalue weighted by atomic mass is 32.1. The maximum Gasteiger partial charge on any atom is 0.167 e. The molecular weight excluding hydrogens is 258 g/mol. The van der Waals surface area contributed by atoms with E-state index in [4.69, 9.17) is 0 Å². The van der Waals surface area contributed by atoms with Gasteiger partial charge in [0.15, 0.2) is 5.82 Å². The molecule has 104 valence electrons.